The van der Waals surface area contributed by atoms with Crippen LogP contribution in [0.3, 0.4) is 0 Å². The van der Waals surface area contributed by atoms with Gasteiger partial charge in [0, 0.05) is 11.8 Å². The number of nitrogens with one attached hydrogen (secondary N) is 1. The van der Waals surface area contributed by atoms with Crippen molar-refractivity contribution in [3.05, 3.63) is 53.0 Å². The quantitative estimate of drug-likeness (QED) is 0.872. The molecule has 2 aromatic rings. The van der Waals surface area contributed by atoms with E-state index in [1.54, 1.807) is 6.07 Å². The fourth-order valence-electron chi connectivity index (χ4n) is 1.78. The molecule has 1 aromatic carbocycles. The number of pyridine rings is 1. The van der Waals surface area contributed by atoms with Crippen molar-refractivity contribution in [3.63, 3.8) is 0 Å². The summed E-state index contributed by atoms with van der Waals surface area (Å²) in [6.07, 6.45) is 0. The molecule has 2 rings (SSSR count). The van der Waals surface area contributed by atoms with E-state index >= 15 is 0 Å². The van der Waals surface area contributed by atoms with Crippen LogP contribution in [0, 0.1) is 19.7 Å². The third kappa shape index (κ3) is 3.07. The average Bonchev–Trinajstić information content (AvgIpc) is 2.26. The lowest BCUT2D eigenvalue weighted by Crippen LogP contribution is -2.15. The zero-order valence-corrected chi connectivity index (χ0v) is 10.6. The number of aromatic nitrogens is 1. The third-order valence-electron chi connectivity index (χ3n) is 2.54. The number of aryl methyl sites for hydroxylation is 2. The summed E-state index contributed by atoms with van der Waals surface area (Å²) < 4.78 is 13.5. The molecular formula is C14H13FN2O2. The lowest BCUT2D eigenvalue weighted by molar-refractivity contribution is 0.102. The summed E-state index contributed by atoms with van der Waals surface area (Å²) in [5.74, 6) is -1.23. The number of halogens is 1. The Morgan fingerprint density at radius 2 is 2.00 bits per heavy atom. The van der Waals surface area contributed by atoms with Gasteiger partial charge in [0.2, 0.25) is 0 Å². The number of phenolic OH excluding ortho intramolecular Hbond substituents is 1. The highest BCUT2D eigenvalue weighted by Crippen LogP contribution is 2.17. The summed E-state index contributed by atoms with van der Waals surface area (Å²) in [5, 5.41) is 11.6. The molecule has 0 aliphatic rings. The number of carbonyl (C=O) groups is 1. The Balaban J connectivity index is 2.25. The van der Waals surface area contributed by atoms with Crippen LogP contribution in [0.1, 0.15) is 21.6 Å². The number of anilines is 1. The number of hydrogen-bond donors (Lipinski definition) is 2. The number of benzene rings is 1. The number of carbonyl (C=O) groups excluding carboxylic acids is 1. The summed E-state index contributed by atoms with van der Waals surface area (Å²) in [6.45, 7) is 3.69. The van der Waals surface area contributed by atoms with Crippen LogP contribution in [0.25, 0.3) is 0 Å². The van der Waals surface area contributed by atoms with Gasteiger partial charge in [-0.3, -0.25) is 4.79 Å². The molecule has 0 saturated heterocycles. The number of aromatic hydroxyl groups is 1. The second-order valence-electron chi connectivity index (χ2n) is 4.29. The van der Waals surface area contributed by atoms with E-state index in [9.17, 15) is 9.18 Å². The topological polar surface area (TPSA) is 62.2 Å². The van der Waals surface area contributed by atoms with Gasteiger partial charge in [0.25, 0.3) is 5.91 Å². The van der Waals surface area contributed by atoms with Crippen molar-refractivity contribution in [2.75, 3.05) is 5.32 Å². The Labute approximate surface area is 109 Å². The van der Waals surface area contributed by atoms with Gasteiger partial charge in [-0.25, -0.2) is 9.37 Å². The SMILES string of the molecule is Cc1cc(C)nc(NC(=O)c2ccc(O)cc2F)c1. The van der Waals surface area contributed by atoms with E-state index in [0.29, 0.717) is 5.82 Å². The average molecular weight is 260 g/mol. The molecule has 0 spiro atoms. The number of rotatable bonds is 2. The fourth-order valence-corrected chi connectivity index (χ4v) is 1.78. The van der Waals surface area contributed by atoms with Crippen molar-refractivity contribution in [3.8, 4) is 5.75 Å². The molecule has 2 N–H and O–H groups in total. The van der Waals surface area contributed by atoms with E-state index in [4.69, 9.17) is 5.11 Å². The van der Waals surface area contributed by atoms with Crippen LogP contribution < -0.4 is 5.32 Å². The molecule has 4 nitrogen and oxygen atoms in total. The maximum Gasteiger partial charge on any atom is 0.259 e. The van der Waals surface area contributed by atoms with Crippen molar-refractivity contribution < 1.29 is 14.3 Å². The molecule has 5 heteroatoms. The van der Waals surface area contributed by atoms with Crippen molar-refractivity contribution in [2.24, 2.45) is 0 Å². The van der Waals surface area contributed by atoms with E-state index in [-0.39, 0.29) is 11.3 Å². The minimum atomic E-state index is -0.776. The van der Waals surface area contributed by atoms with Crippen LogP contribution in [0.2, 0.25) is 0 Å². The zero-order valence-electron chi connectivity index (χ0n) is 10.6. The van der Waals surface area contributed by atoms with Crippen molar-refractivity contribution in [2.45, 2.75) is 13.8 Å². The van der Waals surface area contributed by atoms with Gasteiger partial charge >= 0.3 is 0 Å². The molecule has 98 valence electrons. The Bertz CT molecular complexity index is 621. The van der Waals surface area contributed by atoms with Crippen molar-refractivity contribution in [1.82, 2.24) is 4.98 Å². The first-order chi connectivity index (χ1) is 8.95. The smallest absolute Gasteiger partial charge is 0.259 e. The molecule has 0 unspecified atom stereocenters. The van der Waals surface area contributed by atoms with Gasteiger partial charge in [0.05, 0.1) is 5.56 Å². The fraction of sp³-hybridized carbons (Fsp3) is 0.143. The molecule has 0 atom stereocenters. The van der Waals surface area contributed by atoms with Crippen LogP contribution >= 0.6 is 0 Å². The highest BCUT2D eigenvalue weighted by molar-refractivity contribution is 6.04. The van der Waals surface area contributed by atoms with Gasteiger partial charge < -0.3 is 10.4 Å². The molecule has 1 amide bonds. The first kappa shape index (κ1) is 13.0. The highest BCUT2D eigenvalue weighted by atomic mass is 19.1. The Morgan fingerprint density at radius 3 is 2.63 bits per heavy atom. The maximum absolute atomic E-state index is 13.5. The number of nitrogens with zero attached hydrogens (tertiary/aromatic N) is 1. The number of phenols is 1. The normalized spacial score (nSPS) is 10.3. The van der Waals surface area contributed by atoms with Gasteiger partial charge in [-0.05, 0) is 43.7 Å². The predicted octanol–water partition coefficient (Wildman–Crippen LogP) is 2.80. The monoisotopic (exact) mass is 260 g/mol. The number of hydrogen-bond acceptors (Lipinski definition) is 3. The predicted molar refractivity (Wildman–Crippen MR) is 69.7 cm³/mol. The lowest BCUT2D eigenvalue weighted by Gasteiger charge is -2.07. The van der Waals surface area contributed by atoms with E-state index in [0.717, 1.165) is 17.3 Å². The summed E-state index contributed by atoms with van der Waals surface area (Å²) in [5.41, 5.74) is 1.58. The number of amides is 1. The molecule has 0 fully saturated rings. The zero-order chi connectivity index (χ0) is 14.0. The summed E-state index contributed by atoms with van der Waals surface area (Å²) in [4.78, 5) is 16.0. The molecule has 0 bridgehead atoms. The molecule has 19 heavy (non-hydrogen) atoms. The van der Waals surface area contributed by atoms with Gasteiger partial charge in [-0.15, -0.1) is 0 Å². The van der Waals surface area contributed by atoms with Gasteiger partial charge in [0.1, 0.15) is 17.4 Å². The van der Waals surface area contributed by atoms with Gasteiger partial charge in [-0.1, -0.05) is 0 Å². The van der Waals surface area contributed by atoms with E-state index in [1.807, 2.05) is 19.9 Å². The Kier molecular flexibility index (Phi) is 3.46. The van der Waals surface area contributed by atoms with Crippen molar-refractivity contribution in [1.29, 1.82) is 0 Å². The molecule has 1 heterocycles. The van der Waals surface area contributed by atoms with E-state index in [2.05, 4.69) is 10.3 Å². The van der Waals surface area contributed by atoms with Crippen LogP contribution in [-0.4, -0.2) is 16.0 Å². The second kappa shape index (κ2) is 5.06. The molecule has 1 aromatic heterocycles. The Hall–Kier alpha value is -2.43. The lowest BCUT2D eigenvalue weighted by atomic mass is 10.2. The van der Waals surface area contributed by atoms with E-state index in [1.165, 1.54) is 12.1 Å². The molecule has 0 radical (unpaired) electrons. The minimum absolute atomic E-state index is 0.140. The molecule has 0 aliphatic carbocycles. The highest BCUT2D eigenvalue weighted by Gasteiger charge is 2.13. The van der Waals surface area contributed by atoms with E-state index < -0.39 is 11.7 Å². The largest absolute Gasteiger partial charge is 0.508 e. The van der Waals surface area contributed by atoms with Crippen LogP contribution in [0.5, 0.6) is 5.75 Å². The molecular weight excluding hydrogens is 247 g/mol. The standard InChI is InChI=1S/C14H13FN2O2/c1-8-5-9(2)16-13(6-8)17-14(19)11-4-3-10(18)7-12(11)15/h3-7,18H,1-2H3,(H,16,17,19). The molecule has 0 saturated carbocycles. The minimum Gasteiger partial charge on any atom is -0.508 e. The first-order valence-electron chi connectivity index (χ1n) is 5.71. The molecule has 0 aliphatic heterocycles. The van der Waals surface area contributed by atoms with Gasteiger partial charge in [0.15, 0.2) is 0 Å². The van der Waals surface area contributed by atoms with Crippen LogP contribution in [-0.2, 0) is 0 Å². The summed E-state index contributed by atoms with van der Waals surface area (Å²) in [6, 6.07) is 6.94. The maximum atomic E-state index is 13.5. The first-order valence-corrected chi connectivity index (χ1v) is 5.71. The summed E-state index contributed by atoms with van der Waals surface area (Å²) >= 11 is 0. The summed E-state index contributed by atoms with van der Waals surface area (Å²) in [7, 11) is 0. The Morgan fingerprint density at radius 1 is 1.26 bits per heavy atom. The van der Waals surface area contributed by atoms with Crippen molar-refractivity contribution >= 4 is 11.7 Å². The van der Waals surface area contributed by atoms with Crippen LogP contribution in [0.15, 0.2) is 30.3 Å². The van der Waals surface area contributed by atoms with Crippen LogP contribution in [0.4, 0.5) is 10.2 Å². The third-order valence-corrected chi connectivity index (χ3v) is 2.54. The second-order valence-corrected chi connectivity index (χ2v) is 4.29. The van der Waals surface area contributed by atoms with Gasteiger partial charge in [-0.2, -0.15) is 0 Å².